The van der Waals surface area contributed by atoms with Gasteiger partial charge in [-0.3, -0.25) is 4.79 Å². The van der Waals surface area contributed by atoms with Crippen molar-refractivity contribution in [3.63, 3.8) is 0 Å². The van der Waals surface area contributed by atoms with E-state index in [1.165, 1.54) is 4.90 Å². The number of halogens is 2. The van der Waals surface area contributed by atoms with Crippen LogP contribution in [0.4, 0.5) is 10.2 Å². The molecule has 1 amide bonds. The number of hydrogen-bond donors (Lipinski definition) is 0. The maximum absolute atomic E-state index is 13.8. The third kappa shape index (κ3) is 5.38. The van der Waals surface area contributed by atoms with E-state index in [2.05, 4.69) is 35.5 Å². The second-order valence-corrected chi connectivity index (χ2v) is 11.9. The Morgan fingerprint density at radius 3 is 2.83 bits per heavy atom. The number of benzene rings is 1. The van der Waals surface area contributed by atoms with Crippen molar-refractivity contribution in [1.82, 2.24) is 24.8 Å². The number of hydrogen-bond acceptors (Lipinski definition) is 8. The van der Waals surface area contributed by atoms with E-state index < -0.39 is 17.8 Å². The summed E-state index contributed by atoms with van der Waals surface area (Å²) in [6.07, 6.45) is 2.15. The summed E-state index contributed by atoms with van der Waals surface area (Å²) >= 11 is 8.53. The number of likely N-dealkylation sites (tertiary alicyclic amines) is 1. The predicted molar refractivity (Wildman–Crippen MR) is 164 cm³/mol. The summed E-state index contributed by atoms with van der Waals surface area (Å²) in [7, 11) is 2.08. The van der Waals surface area contributed by atoms with E-state index in [0.717, 1.165) is 35.0 Å². The van der Waals surface area contributed by atoms with E-state index in [-0.39, 0.29) is 31.7 Å². The van der Waals surface area contributed by atoms with Crippen LogP contribution < -0.4 is 9.64 Å². The fourth-order valence-corrected chi connectivity index (χ4v) is 6.85. The Morgan fingerprint density at radius 2 is 2.07 bits per heavy atom. The number of thiophene rings is 1. The average Bonchev–Trinajstić information content (AvgIpc) is 3.64. The first kappa shape index (κ1) is 28.3. The highest BCUT2D eigenvalue weighted by atomic mass is 35.5. The minimum absolute atomic E-state index is 0.0176. The minimum Gasteiger partial charge on any atom is -0.462 e. The van der Waals surface area contributed by atoms with Crippen LogP contribution in [0.15, 0.2) is 48.1 Å². The normalized spacial score (nSPS) is 19.4. The number of piperazine rings is 1. The highest BCUT2D eigenvalue weighted by Crippen LogP contribution is 2.38. The highest BCUT2D eigenvalue weighted by molar-refractivity contribution is 7.17. The number of pyridine rings is 1. The Bertz CT molecular complexity index is 1720. The summed E-state index contributed by atoms with van der Waals surface area (Å²) in [4.78, 5) is 36.0. The van der Waals surface area contributed by atoms with Crippen molar-refractivity contribution in [2.75, 3.05) is 51.3 Å². The van der Waals surface area contributed by atoms with Gasteiger partial charge in [0.05, 0.1) is 16.1 Å². The van der Waals surface area contributed by atoms with Crippen molar-refractivity contribution in [3.8, 4) is 17.3 Å². The van der Waals surface area contributed by atoms with Crippen molar-refractivity contribution in [1.29, 1.82) is 0 Å². The Balaban J connectivity index is 1.42. The number of nitrogens with zero attached hydrogens (tertiary/aromatic N) is 7. The molecule has 5 heterocycles. The lowest BCUT2D eigenvalue weighted by Crippen LogP contribution is -2.56. The zero-order valence-electron chi connectivity index (χ0n) is 23.1. The van der Waals surface area contributed by atoms with Gasteiger partial charge in [0.2, 0.25) is 6.54 Å². The summed E-state index contributed by atoms with van der Waals surface area (Å²) in [5, 5.41) is 4.18. The molecular weight excluding hydrogens is 577 g/mol. The zero-order valence-corrected chi connectivity index (χ0v) is 24.7. The Hall–Kier alpha value is -3.85. The van der Waals surface area contributed by atoms with Gasteiger partial charge in [0, 0.05) is 41.3 Å². The lowest BCUT2D eigenvalue weighted by Gasteiger charge is -2.39. The van der Waals surface area contributed by atoms with E-state index in [1.54, 1.807) is 11.3 Å². The van der Waals surface area contributed by atoms with Gasteiger partial charge in [0.15, 0.2) is 11.5 Å². The first-order valence-corrected chi connectivity index (χ1v) is 15.0. The van der Waals surface area contributed by atoms with E-state index >= 15 is 0 Å². The molecule has 6 rings (SSSR count). The zero-order chi connectivity index (χ0) is 29.4. The van der Waals surface area contributed by atoms with Crippen LogP contribution >= 0.6 is 22.9 Å². The SMILES string of the molecule is [C-]#[N+]C[C@H]1CN(c2nc(OC[C@@H]3CCCN3C)nc3nc(-c4cccc5sccc45)c(Cl)cc23)CCN1C(=O)C(=C)F. The third-order valence-corrected chi connectivity index (χ3v) is 9.17. The molecule has 3 aromatic heterocycles. The first-order valence-electron chi connectivity index (χ1n) is 13.8. The number of carbonyl (C=O) groups excluding carboxylic acids is 1. The van der Waals surface area contributed by atoms with Crippen LogP contribution in [0.1, 0.15) is 12.8 Å². The predicted octanol–water partition coefficient (Wildman–Crippen LogP) is 5.45. The van der Waals surface area contributed by atoms with Gasteiger partial charge in [-0.15, -0.1) is 11.3 Å². The number of aromatic nitrogens is 3. The molecule has 0 unspecified atom stereocenters. The fourth-order valence-electron chi connectivity index (χ4n) is 5.78. The van der Waals surface area contributed by atoms with Gasteiger partial charge < -0.3 is 24.3 Å². The largest absolute Gasteiger partial charge is 0.462 e. The van der Waals surface area contributed by atoms with Crippen molar-refractivity contribution < 1.29 is 13.9 Å². The number of rotatable bonds is 7. The smallest absolute Gasteiger partial charge is 0.320 e. The van der Waals surface area contributed by atoms with E-state index in [4.69, 9.17) is 37.9 Å². The molecule has 0 saturated carbocycles. The molecular formula is C30H29ClFN7O2S. The molecule has 12 heteroatoms. The topological polar surface area (TPSA) is 79.1 Å². The van der Waals surface area contributed by atoms with Crippen LogP contribution in [0.2, 0.25) is 5.02 Å². The third-order valence-electron chi connectivity index (χ3n) is 8.00. The maximum atomic E-state index is 13.8. The molecule has 2 fully saturated rings. The van der Waals surface area contributed by atoms with Gasteiger partial charge in [-0.25, -0.2) is 15.9 Å². The molecule has 2 atom stereocenters. The van der Waals surface area contributed by atoms with Crippen molar-refractivity contribution in [3.05, 3.63) is 64.6 Å². The Labute approximate surface area is 252 Å². The monoisotopic (exact) mass is 605 g/mol. The molecule has 4 aromatic rings. The molecule has 2 aliphatic rings. The Kier molecular flexibility index (Phi) is 7.94. The molecule has 216 valence electrons. The maximum Gasteiger partial charge on any atom is 0.320 e. The van der Waals surface area contributed by atoms with Crippen molar-refractivity contribution >= 4 is 55.8 Å². The molecule has 0 radical (unpaired) electrons. The summed E-state index contributed by atoms with van der Waals surface area (Å²) in [5.74, 6) is -1.29. The fraction of sp³-hybridized carbons (Fsp3) is 0.367. The minimum atomic E-state index is -1.04. The summed E-state index contributed by atoms with van der Waals surface area (Å²) in [5.41, 5.74) is 1.95. The van der Waals surface area contributed by atoms with Gasteiger partial charge >= 0.3 is 6.01 Å². The number of fused-ring (bicyclic) bond motifs is 2. The summed E-state index contributed by atoms with van der Waals surface area (Å²) in [6.45, 7) is 12.9. The van der Waals surface area contributed by atoms with Crippen LogP contribution in [0.25, 0.3) is 37.2 Å². The number of likely N-dealkylation sites (N-methyl/N-ethyl adjacent to an activating group) is 1. The van der Waals surface area contributed by atoms with Gasteiger partial charge in [-0.05, 0) is 50.0 Å². The molecule has 2 aliphatic heterocycles. The molecule has 2 saturated heterocycles. The average molecular weight is 606 g/mol. The number of ether oxygens (including phenoxy) is 1. The standard InChI is InChI=1S/C30H29ClFN7O2S/c1-18(32)29(40)39-12-11-38(16-20(39)15-33-2)28-23-14-24(31)26(22-7-4-8-25-21(22)9-13-42-25)34-27(23)35-30(36-28)41-17-19-6-5-10-37(19)3/h4,7-9,13-14,19-20H,1,5-6,10-12,15-17H2,3H3/t19-,20-/m0/s1. The first-order chi connectivity index (χ1) is 20.3. The van der Waals surface area contributed by atoms with Gasteiger partial charge in [-0.2, -0.15) is 9.97 Å². The molecule has 1 aromatic carbocycles. The van der Waals surface area contributed by atoms with E-state index in [1.807, 2.05) is 28.5 Å². The highest BCUT2D eigenvalue weighted by Gasteiger charge is 2.35. The molecule has 0 N–H and O–H groups in total. The number of amides is 1. The van der Waals surface area contributed by atoms with Crippen LogP contribution in [-0.2, 0) is 4.79 Å². The lowest BCUT2D eigenvalue weighted by molar-refractivity contribution is -0.131. The molecule has 0 spiro atoms. The summed E-state index contributed by atoms with van der Waals surface area (Å²) in [6, 6.07) is 9.84. The van der Waals surface area contributed by atoms with Gasteiger partial charge in [0.25, 0.3) is 5.91 Å². The van der Waals surface area contributed by atoms with Crippen LogP contribution in [0, 0.1) is 6.57 Å². The van der Waals surface area contributed by atoms with Crippen LogP contribution in [0.5, 0.6) is 6.01 Å². The molecule has 0 aliphatic carbocycles. The number of carbonyl (C=O) groups is 1. The van der Waals surface area contributed by atoms with Gasteiger partial charge in [0.1, 0.15) is 18.5 Å². The van der Waals surface area contributed by atoms with Crippen LogP contribution in [-0.4, -0.2) is 89.1 Å². The van der Waals surface area contributed by atoms with E-state index in [0.29, 0.717) is 40.7 Å². The molecule has 9 nitrogen and oxygen atoms in total. The Morgan fingerprint density at radius 1 is 1.21 bits per heavy atom. The van der Waals surface area contributed by atoms with Crippen molar-refractivity contribution in [2.45, 2.75) is 24.9 Å². The van der Waals surface area contributed by atoms with E-state index in [9.17, 15) is 9.18 Å². The van der Waals surface area contributed by atoms with Crippen LogP contribution in [0.3, 0.4) is 0 Å². The quantitative estimate of drug-likeness (QED) is 0.205. The lowest BCUT2D eigenvalue weighted by atomic mass is 10.1. The molecule has 0 bridgehead atoms. The second kappa shape index (κ2) is 11.8. The summed E-state index contributed by atoms with van der Waals surface area (Å²) < 4.78 is 21.1. The molecule has 42 heavy (non-hydrogen) atoms. The van der Waals surface area contributed by atoms with Crippen molar-refractivity contribution in [2.24, 2.45) is 0 Å². The number of anilines is 1. The second-order valence-electron chi connectivity index (χ2n) is 10.6. The van der Waals surface area contributed by atoms with Gasteiger partial charge in [-0.1, -0.05) is 30.3 Å².